The van der Waals surface area contributed by atoms with Crippen LogP contribution in [0.25, 0.3) is 16.9 Å². The second-order valence-corrected chi connectivity index (χ2v) is 9.49. The van der Waals surface area contributed by atoms with Crippen LogP contribution in [0.1, 0.15) is 48.3 Å². The number of rotatable bonds is 4. The van der Waals surface area contributed by atoms with E-state index in [1.54, 1.807) is 18.2 Å². The number of benzene rings is 1. The molecule has 2 fully saturated rings. The zero-order chi connectivity index (χ0) is 24.9. The Hall–Kier alpha value is -3.34. The van der Waals surface area contributed by atoms with E-state index in [-0.39, 0.29) is 36.4 Å². The normalized spacial score (nSPS) is 22.0. The number of ether oxygens (including phenoxy) is 3. The van der Waals surface area contributed by atoms with E-state index < -0.39 is 17.8 Å². The Kier molecular flexibility index (Phi) is 5.74. The molecule has 0 amide bonds. The molecule has 2 saturated heterocycles. The number of nitrogens with zero attached hydrogens (tertiary/aromatic N) is 4. The minimum atomic E-state index is -4.72. The average Bonchev–Trinajstić information content (AvgIpc) is 3.52. The number of aromatic nitrogens is 3. The number of fused-ring (bicyclic) bond motifs is 3. The molecule has 0 saturated carbocycles. The van der Waals surface area contributed by atoms with Crippen LogP contribution in [0.2, 0.25) is 0 Å². The highest BCUT2D eigenvalue weighted by Gasteiger charge is 2.37. The van der Waals surface area contributed by atoms with E-state index in [9.17, 15) is 18.0 Å². The van der Waals surface area contributed by atoms with Gasteiger partial charge in [-0.15, -0.1) is 0 Å². The van der Waals surface area contributed by atoms with Gasteiger partial charge in [0.15, 0.2) is 28.5 Å². The van der Waals surface area contributed by atoms with Crippen molar-refractivity contribution in [1.82, 2.24) is 19.5 Å². The van der Waals surface area contributed by atoms with Crippen molar-refractivity contribution in [3.63, 3.8) is 0 Å². The van der Waals surface area contributed by atoms with Crippen molar-refractivity contribution >= 4 is 11.6 Å². The molecule has 3 aliphatic heterocycles. The lowest BCUT2D eigenvalue weighted by atomic mass is 9.84. The quantitative estimate of drug-likeness (QED) is 0.484. The summed E-state index contributed by atoms with van der Waals surface area (Å²) in [5.41, 5.74) is -0.837. The van der Waals surface area contributed by atoms with Crippen molar-refractivity contribution in [2.75, 3.05) is 26.5 Å². The molecule has 190 valence electrons. The summed E-state index contributed by atoms with van der Waals surface area (Å²) in [5.74, 6) is 0.423. The second kappa shape index (κ2) is 8.95. The number of halogens is 3. The average molecular weight is 502 g/mol. The highest BCUT2D eigenvalue weighted by Crippen LogP contribution is 2.38. The Morgan fingerprint density at radius 2 is 1.89 bits per heavy atom. The number of alkyl halides is 3. The van der Waals surface area contributed by atoms with Gasteiger partial charge in [0.25, 0.3) is 0 Å². The molecule has 1 aromatic carbocycles. The molecule has 2 atom stereocenters. The predicted octanol–water partition coefficient (Wildman–Crippen LogP) is 4.57. The summed E-state index contributed by atoms with van der Waals surface area (Å²) in [6, 6.07) is 7.34. The highest BCUT2D eigenvalue weighted by molar-refractivity contribution is 5.88. The van der Waals surface area contributed by atoms with Gasteiger partial charge in [-0.25, -0.2) is 14.3 Å². The maximum absolute atomic E-state index is 13.9. The largest absolute Gasteiger partial charge is 0.461 e. The summed E-state index contributed by atoms with van der Waals surface area (Å²) in [4.78, 5) is 19.6. The summed E-state index contributed by atoms with van der Waals surface area (Å²) in [6.07, 6.45) is 0.736. The Bertz CT molecular complexity index is 1310. The molecule has 6 rings (SSSR count). The Morgan fingerprint density at radius 3 is 2.75 bits per heavy atom. The van der Waals surface area contributed by atoms with E-state index in [0.717, 1.165) is 44.8 Å². The molecule has 0 aliphatic carbocycles. The number of esters is 1. The van der Waals surface area contributed by atoms with Gasteiger partial charge in [-0.3, -0.25) is 4.90 Å². The van der Waals surface area contributed by atoms with Crippen LogP contribution >= 0.6 is 0 Å². The predicted molar refractivity (Wildman–Crippen MR) is 122 cm³/mol. The minimum Gasteiger partial charge on any atom is -0.461 e. The monoisotopic (exact) mass is 502 g/mol. The van der Waals surface area contributed by atoms with E-state index in [2.05, 4.69) is 15.0 Å². The van der Waals surface area contributed by atoms with Gasteiger partial charge in [0.05, 0.1) is 12.3 Å². The Balaban J connectivity index is 1.27. The molecule has 8 nitrogen and oxygen atoms in total. The minimum absolute atomic E-state index is 0.0484. The molecule has 3 aliphatic rings. The third-order valence-corrected chi connectivity index (χ3v) is 7.25. The third kappa shape index (κ3) is 4.25. The summed E-state index contributed by atoms with van der Waals surface area (Å²) < 4.78 is 58.6. The van der Waals surface area contributed by atoms with Gasteiger partial charge in [0.1, 0.15) is 0 Å². The van der Waals surface area contributed by atoms with Crippen molar-refractivity contribution in [3.8, 4) is 22.8 Å². The van der Waals surface area contributed by atoms with Crippen molar-refractivity contribution in [2.45, 2.75) is 44.3 Å². The zero-order valence-electron chi connectivity index (χ0n) is 19.5. The van der Waals surface area contributed by atoms with Crippen LogP contribution in [-0.4, -0.2) is 58.0 Å². The van der Waals surface area contributed by atoms with Gasteiger partial charge in [-0.2, -0.15) is 18.3 Å². The summed E-state index contributed by atoms with van der Waals surface area (Å²) in [7, 11) is 0. The lowest BCUT2D eigenvalue weighted by Gasteiger charge is -2.44. The van der Waals surface area contributed by atoms with Crippen LogP contribution in [0.3, 0.4) is 0 Å². The highest BCUT2D eigenvalue weighted by atomic mass is 19.4. The first kappa shape index (κ1) is 23.1. The zero-order valence-corrected chi connectivity index (χ0v) is 19.5. The van der Waals surface area contributed by atoms with E-state index in [0.29, 0.717) is 27.6 Å². The number of piperidine rings is 2. The fraction of sp³-hybridized carbons (Fsp3) is 0.480. The van der Waals surface area contributed by atoms with Crippen LogP contribution in [0, 0.1) is 5.92 Å². The van der Waals surface area contributed by atoms with Crippen LogP contribution in [0.4, 0.5) is 13.2 Å². The Labute approximate surface area is 204 Å². The maximum Gasteiger partial charge on any atom is 0.433 e. The van der Waals surface area contributed by atoms with Crippen LogP contribution in [-0.2, 0) is 10.9 Å². The van der Waals surface area contributed by atoms with E-state index >= 15 is 0 Å². The van der Waals surface area contributed by atoms with Crippen molar-refractivity contribution in [1.29, 1.82) is 0 Å². The third-order valence-electron chi connectivity index (χ3n) is 7.25. The summed E-state index contributed by atoms with van der Waals surface area (Å²) in [6.45, 7) is 2.42. The topological polar surface area (TPSA) is 78.2 Å². The molecule has 2 aromatic heterocycles. The standard InChI is InChI=1S/C25H25F3N4O4/c26-25(27,28)22-11-17(15-6-7-20-21(10-15)36-14-35-20)29-23-12-18(30-32(22)23)24(33)34-13-16-4-3-9-31-8-2-1-5-19(16)31/h6-7,10-12,16,19H,1-5,8-9,13-14H2/t16-,19+/m0/s1. The number of hydrogen-bond acceptors (Lipinski definition) is 7. The van der Waals surface area contributed by atoms with Gasteiger partial charge < -0.3 is 14.2 Å². The SMILES string of the molecule is O=C(OC[C@@H]1CCCN2CCCC[C@H]12)c1cc2nc(-c3ccc4c(c3)OCO4)cc(C(F)(F)F)n2n1. The molecule has 5 heterocycles. The van der Waals surface area contributed by atoms with Crippen molar-refractivity contribution in [2.24, 2.45) is 5.92 Å². The van der Waals surface area contributed by atoms with E-state index in [4.69, 9.17) is 14.2 Å². The molecule has 0 bridgehead atoms. The smallest absolute Gasteiger partial charge is 0.433 e. The molecule has 36 heavy (non-hydrogen) atoms. The molecule has 3 aromatic rings. The van der Waals surface area contributed by atoms with Crippen LogP contribution in [0.5, 0.6) is 11.5 Å². The molecule has 0 radical (unpaired) electrons. The molecular formula is C25H25F3N4O4. The molecular weight excluding hydrogens is 477 g/mol. The lowest BCUT2D eigenvalue weighted by Crippen LogP contribution is -2.49. The maximum atomic E-state index is 13.9. The fourth-order valence-corrected chi connectivity index (χ4v) is 5.51. The fourth-order valence-electron chi connectivity index (χ4n) is 5.51. The number of hydrogen-bond donors (Lipinski definition) is 0. The summed E-state index contributed by atoms with van der Waals surface area (Å²) in [5, 5.41) is 3.92. The van der Waals surface area contributed by atoms with Gasteiger partial charge in [0.2, 0.25) is 6.79 Å². The van der Waals surface area contributed by atoms with Gasteiger partial charge in [-0.05, 0) is 63.0 Å². The van der Waals surface area contributed by atoms with Gasteiger partial charge >= 0.3 is 12.1 Å². The summed E-state index contributed by atoms with van der Waals surface area (Å²) >= 11 is 0. The lowest BCUT2D eigenvalue weighted by molar-refractivity contribution is -0.142. The first-order valence-electron chi connectivity index (χ1n) is 12.2. The van der Waals surface area contributed by atoms with Gasteiger partial charge in [0, 0.05) is 23.6 Å². The number of carbonyl (C=O) groups excluding carboxylic acids is 1. The Morgan fingerprint density at radius 1 is 1.06 bits per heavy atom. The first-order valence-corrected chi connectivity index (χ1v) is 12.2. The number of carbonyl (C=O) groups is 1. The van der Waals surface area contributed by atoms with Crippen molar-refractivity contribution < 1.29 is 32.2 Å². The van der Waals surface area contributed by atoms with Crippen molar-refractivity contribution in [3.05, 3.63) is 41.7 Å². The van der Waals surface area contributed by atoms with Crippen LogP contribution in [0.15, 0.2) is 30.3 Å². The molecule has 11 heteroatoms. The molecule has 0 unspecified atom stereocenters. The van der Waals surface area contributed by atoms with E-state index in [1.165, 1.54) is 12.5 Å². The first-order chi connectivity index (χ1) is 17.4. The second-order valence-electron chi connectivity index (χ2n) is 9.49. The molecule has 0 N–H and O–H groups in total. The van der Waals surface area contributed by atoms with Crippen LogP contribution < -0.4 is 9.47 Å². The van der Waals surface area contributed by atoms with E-state index in [1.807, 2.05) is 0 Å². The molecule has 0 spiro atoms. The van der Waals surface area contributed by atoms with Gasteiger partial charge in [-0.1, -0.05) is 6.42 Å².